The molecule has 3 atom stereocenters. The number of benzene rings is 2. The van der Waals surface area contributed by atoms with E-state index >= 15 is 0 Å². The number of hydrogen-bond acceptors (Lipinski definition) is 9. The summed E-state index contributed by atoms with van der Waals surface area (Å²) in [5.74, 6) is -0.153. The van der Waals surface area contributed by atoms with Crippen LogP contribution in [0.5, 0.6) is 5.75 Å². The molecule has 0 saturated heterocycles. The van der Waals surface area contributed by atoms with Crippen LogP contribution in [-0.2, 0) is 35.3 Å². The summed E-state index contributed by atoms with van der Waals surface area (Å²) >= 11 is 0. The molecular weight excluding hydrogens is 588 g/mol. The SMILES string of the molecule is Cc1cc(O)cc(C)c1CC(NC(=O)C(N)CCCN=C(N)N)C(=O)NC(Cc1cnc[nH]1)c1nc(CCc2ccccc2)no1. The van der Waals surface area contributed by atoms with Gasteiger partial charge in [-0.2, -0.15) is 4.98 Å². The molecule has 0 bridgehead atoms. The van der Waals surface area contributed by atoms with Gasteiger partial charge < -0.3 is 42.4 Å². The molecule has 10 N–H and O–H groups in total. The fraction of sp³-hybridized carbons (Fsp3) is 0.375. The van der Waals surface area contributed by atoms with E-state index in [2.05, 4.69) is 35.7 Å². The van der Waals surface area contributed by atoms with Gasteiger partial charge in [0.1, 0.15) is 17.8 Å². The number of aromatic nitrogens is 4. The first kappa shape index (κ1) is 33.6. The molecule has 14 heteroatoms. The number of phenolic OH excluding ortho intramolecular Hbond substituents is 1. The van der Waals surface area contributed by atoms with E-state index in [1.54, 1.807) is 24.7 Å². The molecule has 2 amide bonds. The Kier molecular flexibility index (Phi) is 11.8. The number of guanidine groups is 1. The first-order valence-electron chi connectivity index (χ1n) is 15.1. The topological polar surface area (TPSA) is 236 Å². The lowest BCUT2D eigenvalue weighted by Crippen LogP contribution is -2.53. The minimum atomic E-state index is -1.01. The number of amides is 2. The number of carbonyl (C=O) groups is 2. The molecule has 4 rings (SSSR count). The van der Waals surface area contributed by atoms with Crippen molar-refractivity contribution in [3.8, 4) is 5.75 Å². The van der Waals surface area contributed by atoms with Crippen molar-refractivity contribution < 1.29 is 19.2 Å². The summed E-state index contributed by atoms with van der Waals surface area (Å²) in [5.41, 5.74) is 21.2. The maximum Gasteiger partial charge on any atom is 0.249 e. The number of hydrogen-bond donors (Lipinski definition) is 7. The first-order chi connectivity index (χ1) is 22.1. The third-order valence-electron chi connectivity index (χ3n) is 7.58. The third kappa shape index (κ3) is 9.89. The number of aliphatic imine (C=N–C) groups is 1. The van der Waals surface area contributed by atoms with E-state index < -0.39 is 29.9 Å². The molecule has 4 aromatic rings. The Balaban J connectivity index is 1.54. The zero-order valence-corrected chi connectivity index (χ0v) is 26.1. The van der Waals surface area contributed by atoms with Crippen molar-refractivity contribution in [2.45, 2.75) is 70.5 Å². The average Bonchev–Trinajstić information content (AvgIpc) is 3.72. The number of H-pyrrole nitrogens is 1. The van der Waals surface area contributed by atoms with E-state index in [4.69, 9.17) is 21.7 Å². The Morgan fingerprint density at radius 2 is 1.78 bits per heavy atom. The molecule has 46 heavy (non-hydrogen) atoms. The molecular formula is C32H42N10O4. The van der Waals surface area contributed by atoms with Crippen LogP contribution < -0.4 is 27.8 Å². The second-order valence-corrected chi connectivity index (χ2v) is 11.3. The summed E-state index contributed by atoms with van der Waals surface area (Å²) in [4.78, 5) is 42.8. The van der Waals surface area contributed by atoms with Gasteiger partial charge >= 0.3 is 0 Å². The molecule has 0 fully saturated rings. The number of phenols is 1. The number of nitrogens with zero attached hydrogens (tertiary/aromatic N) is 4. The standard InChI is InChI=1S/C32H42N10O4/c1-19-13-23(43)14-20(2)24(19)16-26(39-29(44)25(33)9-6-12-37-32(34)35)30(45)40-27(15-22-17-36-18-38-22)31-41-28(42-46-31)11-10-21-7-4-3-5-8-21/h3-5,7-8,13-14,17-18,25-27,43H,6,9-12,15-16,33H2,1-2H3,(H,36,38)(H,39,44)(H,40,45)(H4,34,35,37). The molecule has 0 spiro atoms. The lowest BCUT2D eigenvalue weighted by molar-refractivity contribution is -0.130. The lowest BCUT2D eigenvalue weighted by Gasteiger charge is -2.24. The van der Waals surface area contributed by atoms with Crippen LogP contribution >= 0.6 is 0 Å². The van der Waals surface area contributed by atoms with Crippen molar-refractivity contribution in [1.82, 2.24) is 30.7 Å². The van der Waals surface area contributed by atoms with Crippen molar-refractivity contribution in [2.24, 2.45) is 22.2 Å². The van der Waals surface area contributed by atoms with E-state index in [0.717, 1.165) is 34.4 Å². The van der Waals surface area contributed by atoms with Crippen LogP contribution in [0.3, 0.4) is 0 Å². The number of aryl methyl sites for hydroxylation is 4. The monoisotopic (exact) mass is 630 g/mol. The van der Waals surface area contributed by atoms with Gasteiger partial charge in [0.25, 0.3) is 0 Å². The van der Waals surface area contributed by atoms with Crippen LogP contribution in [0.4, 0.5) is 0 Å². The van der Waals surface area contributed by atoms with E-state index in [-0.39, 0.29) is 30.4 Å². The Morgan fingerprint density at radius 3 is 2.46 bits per heavy atom. The molecule has 2 aromatic carbocycles. The van der Waals surface area contributed by atoms with Crippen LogP contribution in [0, 0.1) is 13.8 Å². The van der Waals surface area contributed by atoms with Crippen molar-refractivity contribution >= 4 is 17.8 Å². The molecule has 0 aliphatic rings. The Hall–Kier alpha value is -5.24. The van der Waals surface area contributed by atoms with Gasteiger partial charge in [-0.3, -0.25) is 14.6 Å². The molecule has 14 nitrogen and oxygen atoms in total. The second-order valence-electron chi connectivity index (χ2n) is 11.3. The van der Waals surface area contributed by atoms with Gasteiger partial charge in [-0.1, -0.05) is 35.5 Å². The number of carbonyl (C=O) groups excluding carboxylic acids is 2. The van der Waals surface area contributed by atoms with Crippen LogP contribution in [-0.4, -0.2) is 61.6 Å². The van der Waals surface area contributed by atoms with Gasteiger partial charge in [-0.25, -0.2) is 4.98 Å². The highest BCUT2D eigenvalue weighted by atomic mass is 16.5. The van der Waals surface area contributed by atoms with Gasteiger partial charge in [0.15, 0.2) is 11.8 Å². The fourth-order valence-corrected chi connectivity index (χ4v) is 5.14. The zero-order chi connectivity index (χ0) is 33.1. The molecule has 3 unspecified atom stereocenters. The maximum atomic E-state index is 14.0. The van der Waals surface area contributed by atoms with Crippen LogP contribution in [0.1, 0.15) is 58.5 Å². The molecule has 0 aliphatic carbocycles. The highest BCUT2D eigenvalue weighted by Crippen LogP contribution is 2.23. The van der Waals surface area contributed by atoms with Gasteiger partial charge in [0, 0.05) is 37.7 Å². The zero-order valence-electron chi connectivity index (χ0n) is 26.1. The van der Waals surface area contributed by atoms with E-state index in [0.29, 0.717) is 31.6 Å². The van der Waals surface area contributed by atoms with Crippen molar-refractivity contribution in [1.29, 1.82) is 0 Å². The van der Waals surface area contributed by atoms with E-state index in [1.165, 1.54) is 0 Å². The van der Waals surface area contributed by atoms with Crippen LogP contribution in [0.2, 0.25) is 0 Å². The molecule has 0 radical (unpaired) electrons. The summed E-state index contributed by atoms with van der Waals surface area (Å²) in [6.07, 6.45) is 5.70. The number of nitrogens with two attached hydrogens (primary N) is 3. The molecule has 0 aliphatic heterocycles. The number of nitrogens with one attached hydrogen (secondary N) is 3. The first-order valence-corrected chi connectivity index (χ1v) is 15.1. The Bertz CT molecular complexity index is 1580. The van der Waals surface area contributed by atoms with E-state index in [1.807, 2.05) is 44.2 Å². The van der Waals surface area contributed by atoms with Gasteiger partial charge in [0.2, 0.25) is 17.7 Å². The average molecular weight is 631 g/mol. The van der Waals surface area contributed by atoms with Crippen molar-refractivity contribution in [3.05, 3.63) is 94.7 Å². The highest BCUT2D eigenvalue weighted by Gasteiger charge is 2.30. The summed E-state index contributed by atoms with van der Waals surface area (Å²) < 4.78 is 5.63. The number of imidazole rings is 1. The predicted molar refractivity (Wildman–Crippen MR) is 172 cm³/mol. The summed E-state index contributed by atoms with van der Waals surface area (Å²) in [6, 6.07) is 10.6. The van der Waals surface area contributed by atoms with Crippen molar-refractivity contribution in [2.75, 3.05) is 6.54 Å². The second kappa shape index (κ2) is 16.2. The summed E-state index contributed by atoms with van der Waals surface area (Å²) in [7, 11) is 0. The molecule has 244 valence electrons. The highest BCUT2D eigenvalue weighted by molar-refractivity contribution is 5.90. The third-order valence-corrected chi connectivity index (χ3v) is 7.58. The molecule has 2 heterocycles. The summed E-state index contributed by atoms with van der Waals surface area (Å²) in [5, 5.41) is 20.1. The van der Waals surface area contributed by atoms with Gasteiger partial charge in [-0.15, -0.1) is 0 Å². The fourth-order valence-electron chi connectivity index (χ4n) is 5.14. The predicted octanol–water partition coefficient (Wildman–Crippen LogP) is 1.41. The van der Waals surface area contributed by atoms with Crippen LogP contribution in [0.25, 0.3) is 0 Å². The maximum absolute atomic E-state index is 14.0. The minimum Gasteiger partial charge on any atom is -0.508 e. The Labute approximate surface area is 267 Å². The van der Waals surface area contributed by atoms with Crippen LogP contribution in [0.15, 0.2) is 64.5 Å². The smallest absolute Gasteiger partial charge is 0.249 e. The molecule has 2 aromatic heterocycles. The largest absolute Gasteiger partial charge is 0.508 e. The van der Waals surface area contributed by atoms with E-state index in [9.17, 15) is 14.7 Å². The lowest BCUT2D eigenvalue weighted by atomic mass is 9.95. The number of aromatic amines is 1. The minimum absolute atomic E-state index is 0.0383. The van der Waals surface area contributed by atoms with Gasteiger partial charge in [0.05, 0.1) is 12.4 Å². The molecule has 0 saturated carbocycles. The quantitative estimate of drug-likeness (QED) is 0.0534. The normalized spacial score (nSPS) is 13.0. The Morgan fingerprint density at radius 1 is 1.04 bits per heavy atom. The number of rotatable bonds is 16. The van der Waals surface area contributed by atoms with Crippen molar-refractivity contribution in [3.63, 3.8) is 0 Å². The summed E-state index contributed by atoms with van der Waals surface area (Å²) in [6.45, 7) is 4.00. The van der Waals surface area contributed by atoms with Gasteiger partial charge in [-0.05, 0) is 67.5 Å². The number of aromatic hydroxyl groups is 1.